The molecule has 0 bridgehead atoms. The van der Waals surface area contributed by atoms with Crippen molar-refractivity contribution in [2.24, 2.45) is 5.92 Å². The van der Waals surface area contributed by atoms with Crippen LogP contribution in [0.5, 0.6) is 0 Å². The molecule has 0 heterocycles. The Labute approximate surface area is 111 Å². The van der Waals surface area contributed by atoms with Gasteiger partial charge in [-0.05, 0) is 17.9 Å². The molecule has 18 heavy (non-hydrogen) atoms. The molecule has 1 aromatic carbocycles. The summed E-state index contributed by atoms with van der Waals surface area (Å²) in [5.41, 5.74) is 0.725. The van der Waals surface area contributed by atoms with E-state index in [0.717, 1.165) is 12.0 Å². The molecule has 100 valence electrons. The number of carboxylic acids is 1. The van der Waals surface area contributed by atoms with E-state index in [1.54, 1.807) is 12.1 Å². The van der Waals surface area contributed by atoms with Crippen LogP contribution >= 0.6 is 0 Å². The van der Waals surface area contributed by atoms with Crippen molar-refractivity contribution in [2.75, 3.05) is 11.5 Å². The summed E-state index contributed by atoms with van der Waals surface area (Å²) in [7, 11) is -1.07. The van der Waals surface area contributed by atoms with Crippen molar-refractivity contribution in [3.63, 3.8) is 0 Å². The molecule has 2 atom stereocenters. The third-order valence-electron chi connectivity index (χ3n) is 2.78. The highest BCUT2D eigenvalue weighted by Crippen LogP contribution is 2.17. The average molecular weight is 268 g/mol. The fourth-order valence-electron chi connectivity index (χ4n) is 1.63. The Bertz CT molecular complexity index is 401. The monoisotopic (exact) mass is 268 g/mol. The summed E-state index contributed by atoms with van der Waals surface area (Å²) in [6.45, 7) is 4.14. The van der Waals surface area contributed by atoms with Gasteiger partial charge in [-0.2, -0.15) is 0 Å². The van der Waals surface area contributed by atoms with Gasteiger partial charge in [-0.25, -0.2) is 0 Å². The van der Waals surface area contributed by atoms with Crippen LogP contribution in [-0.4, -0.2) is 26.8 Å². The number of benzene rings is 1. The first-order valence-corrected chi connectivity index (χ1v) is 7.62. The van der Waals surface area contributed by atoms with Crippen molar-refractivity contribution in [3.05, 3.63) is 35.9 Å². The highest BCUT2D eigenvalue weighted by molar-refractivity contribution is 7.85. The zero-order chi connectivity index (χ0) is 13.5. The van der Waals surface area contributed by atoms with Gasteiger partial charge < -0.3 is 5.11 Å². The van der Waals surface area contributed by atoms with Crippen LogP contribution < -0.4 is 0 Å². The Morgan fingerprint density at radius 2 is 1.89 bits per heavy atom. The van der Waals surface area contributed by atoms with Crippen molar-refractivity contribution in [1.29, 1.82) is 0 Å². The molecule has 0 saturated carbocycles. The van der Waals surface area contributed by atoms with Crippen LogP contribution in [0.3, 0.4) is 0 Å². The summed E-state index contributed by atoms with van der Waals surface area (Å²) in [4.78, 5) is 11.2. The van der Waals surface area contributed by atoms with E-state index >= 15 is 0 Å². The minimum atomic E-state index is -1.07. The van der Waals surface area contributed by atoms with E-state index in [9.17, 15) is 14.1 Å². The number of aliphatic carboxylic acids is 1. The normalized spacial score (nSPS) is 14.4. The highest BCUT2D eigenvalue weighted by Gasteiger charge is 2.22. The van der Waals surface area contributed by atoms with Crippen LogP contribution in [0.2, 0.25) is 0 Å². The average Bonchev–Trinajstić information content (AvgIpc) is 2.34. The predicted octanol–water partition coefficient (Wildman–Crippen LogP) is 2.65. The smallest absolute Gasteiger partial charge is 0.311 e. The lowest BCUT2D eigenvalue weighted by Gasteiger charge is -2.13. The van der Waals surface area contributed by atoms with Gasteiger partial charge in [-0.15, -0.1) is 0 Å². The summed E-state index contributed by atoms with van der Waals surface area (Å²) in [5, 5.41) is 9.22. The lowest BCUT2D eigenvalue weighted by atomic mass is 10.0. The van der Waals surface area contributed by atoms with Gasteiger partial charge in [-0.3, -0.25) is 9.00 Å². The number of carbonyl (C=O) groups is 1. The molecule has 0 fully saturated rings. The largest absolute Gasteiger partial charge is 0.481 e. The molecule has 0 aromatic heterocycles. The summed E-state index contributed by atoms with van der Waals surface area (Å²) in [5.74, 6) is -0.299. The van der Waals surface area contributed by atoms with E-state index in [-0.39, 0.29) is 5.75 Å². The van der Waals surface area contributed by atoms with Crippen molar-refractivity contribution in [2.45, 2.75) is 26.2 Å². The summed E-state index contributed by atoms with van der Waals surface area (Å²) < 4.78 is 11.9. The van der Waals surface area contributed by atoms with Gasteiger partial charge >= 0.3 is 5.97 Å². The van der Waals surface area contributed by atoms with E-state index in [2.05, 4.69) is 13.8 Å². The number of hydrogen-bond donors (Lipinski definition) is 1. The first-order valence-electron chi connectivity index (χ1n) is 6.13. The van der Waals surface area contributed by atoms with Gasteiger partial charge in [0.2, 0.25) is 0 Å². The Morgan fingerprint density at radius 3 is 2.39 bits per heavy atom. The molecule has 0 amide bonds. The first kappa shape index (κ1) is 14.9. The van der Waals surface area contributed by atoms with E-state index < -0.39 is 22.7 Å². The standard InChI is InChI=1S/C14H20O3S/c1-11(2)8-9-18(17)10-13(14(15)16)12-6-4-3-5-7-12/h3-7,11,13H,8-10H2,1-2H3,(H,15,16). The lowest BCUT2D eigenvalue weighted by molar-refractivity contribution is -0.138. The van der Waals surface area contributed by atoms with E-state index in [0.29, 0.717) is 11.7 Å². The maximum atomic E-state index is 11.9. The summed E-state index contributed by atoms with van der Waals surface area (Å²) in [6, 6.07) is 9.01. The van der Waals surface area contributed by atoms with E-state index in [1.807, 2.05) is 18.2 Å². The number of carboxylic acid groups (broad SMARTS) is 1. The minimum absolute atomic E-state index is 0.200. The molecule has 0 spiro atoms. The van der Waals surface area contributed by atoms with Crippen LogP contribution in [0.15, 0.2) is 30.3 Å². The van der Waals surface area contributed by atoms with E-state index in [4.69, 9.17) is 0 Å². The Morgan fingerprint density at radius 1 is 1.28 bits per heavy atom. The summed E-state index contributed by atoms with van der Waals surface area (Å²) in [6.07, 6.45) is 0.869. The maximum Gasteiger partial charge on any atom is 0.311 e. The molecule has 1 rings (SSSR count). The minimum Gasteiger partial charge on any atom is -0.481 e. The lowest BCUT2D eigenvalue weighted by Crippen LogP contribution is -2.20. The Balaban J connectivity index is 2.65. The van der Waals surface area contributed by atoms with Gasteiger partial charge in [0, 0.05) is 22.3 Å². The van der Waals surface area contributed by atoms with Crippen molar-refractivity contribution in [1.82, 2.24) is 0 Å². The van der Waals surface area contributed by atoms with Crippen LogP contribution in [0.25, 0.3) is 0 Å². The second kappa shape index (κ2) is 7.31. The third kappa shape index (κ3) is 5.00. The topological polar surface area (TPSA) is 54.4 Å². The van der Waals surface area contributed by atoms with Crippen molar-refractivity contribution >= 4 is 16.8 Å². The van der Waals surface area contributed by atoms with Gasteiger partial charge in [-0.1, -0.05) is 44.2 Å². The van der Waals surface area contributed by atoms with Crippen molar-refractivity contribution < 1.29 is 14.1 Å². The molecule has 3 nitrogen and oxygen atoms in total. The van der Waals surface area contributed by atoms with Crippen molar-refractivity contribution in [3.8, 4) is 0 Å². The third-order valence-corrected chi connectivity index (χ3v) is 4.17. The van der Waals surface area contributed by atoms with Crippen LogP contribution in [0, 0.1) is 5.92 Å². The molecule has 0 aliphatic carbocycles. The molecular weight excluding hydrogens is 248 g/mol. The second-order valence-corrected chi connectivity index (χ2v) is 6.42. The van der Waals surface area contributed by atoms with Crippen LogP contribution in [0.1, 0.15) is 31.7 Å². The van der Waals surface area contributed by atoms with Gasteiger partial charge in [0.15, 0.2) is 0 Å². The van der Waals surface area contributed by atoms with Gasteiger partial charge in [0.25, 0.3) is 0 Å². The molecule has 4 heteroatoms. The van der Waals surface area contributed by atoms with E-state index in [1.165, 1.54) is 0 Å². The molecular formula is C14H20O3S. The molecule has 1 N–H and O–H groups in total. The number of rotatable bonds is 7. The maximum absolute atomic E-state index is 11.9. The molecule has 0 radical (unpaired) electrons. The summed E-state index contributed by atoms with van der Waals surface area (Å²) >= 11 is 0. The first-order chi connectivity index (χ1) is 8.50. The Hall–Kier alpha value is -1.16. The molecule has 2 unspecified atom stereocenters. The fraction of sp³-hybridized carbons (Fsp3) is 0.500. The van der Waals surface area contributed by atoms with Gasteiger partial charge in [0.05, 0.1) is 5.92 Å². The van der Waals surface area contributed by atoms with Gasteiger partial charge in [0.1, 0.15) is 0 Å². The zero-order valence-corrected chi connectivity index (χ0v) is 11.7. The Kier molecular flexibility index (Phi) is 6.05. The quantitative estimate of drug-likeness (QED) is 0.827. The molecule has 0 aliphatic heterocycles. The second-order valence-electron chi connectivity index (χ2n) is 4.79. The zero-order valence-electron chi connectivity index (χ0n) is 10.8. The predicted molar refractivity (Wildman–Crippen MR) is 74.2 cm³/mol. The molecule has 0 saturated heterocycles. The SMILES string of the molecule is CC(C)CCS(=O)CC(C(=O)O)c1ccccc1. The fourth-order valence-corrected chi connectivity index (χ4v) is 3.24. The molecule has 1 aromatic rings. The van der Waals surface area contributed by atoms with Crippen LogP contribution in [-0.2, 0) is 15.6 Å². The molecule has 0 aliphatic rings. The van der Waals surface area contributed by atoms with Crippen LogP contribution in [0.4, 0.5) is 0 Å². The number of hydrogen-bond acceptors (Lipinski definition) is 2. The highest BCUT2D eigenvalue weighted by atomic mass is 32.2.